The molecule has 1 aromatic carbocycles. The predicted molar refractivity (Wildman–Crippen MR) is 99.2 cm³/mol. The molecule has 0 atom stereocenters. The molecule has 4 saturated heterocycles. The fraction of sp³-hybridized carbons (Fsp3) is 0.550. The summed E-state index contributed by atoms with van der Waals surface area (Å²) in [4.78, 5) is 20.7. The van der Waals surface area contributed by atoms with E-state index in [1.54, 1.807) is 7.11 Å². The van der Waals surface area contributed by atoms with Crippen molar-refractivity contribution in [1.82, 2.24) is 14.8 Å². The summed E-state index contributed by atoms with van der Waals surface area (Å²) >= 11 is 0. The number of aliphatic hydroxyl groups excluding tert-OH is 1. The molecule has 0 spiro atoms. The van der Waals surface area contributed by atoms with Crippen molar-refractivity contribution in [3.63, 3.8) is 0 Å². The third-order valence-electron chi connectivity index (χ3n) is 6.63. The van der Waals surface area contributed by atoms with Crippen LogP contribution in [0.3, 0.4) is 0 Å². The molecule has 6 heteroatoms. The topological polar surface area (TPSA) is 68.8 Å². The summed E-state index contributed by atoms with van der Waals surface area (Å²) in [5.74, 6) is 0.734. The molecule has 0 aliphatic carbocycles. The molecule has 26 heavy (non-hydrogen) atoms. The van der Waals surface area contributed by atoms with Gasteiger partial charge in [-0.3, -0.25) is 14.6 Å². The predicted octanol–water partition coefficient (Wildman–Crippen LogP) is 1.55. The lowest BCUT2D eigenvalue weighted by Crippen LogP contribution is -2.77. The summed E-state index contributed by atoms with van der Waals surface area (Å²) in [6.45, 7) is 7.63. The lowest BCUT2D eigenvalue weighted by atomic mass is 9.60. The molecule has 4 aliphatic rings. The van der Waals surface area contributed by atoms with Gasteiger partial charge in [-0.1, -0.05) is 13.8 Å². The Morgan fingerprint density at radius 3 is 2.31 bits per heavy atom. The van der Waals surface area contributed by atoms with E-state index in [0.717, 1.165) is 48.4 Å². The van der Waals surface area contributed by atoms with Crippen LogP contribution >= 0.6 is 0 Å². The number of ether oxygens (including phenoxy) is 1. The van der Waals surface area contributed by atoms with Crippen molar-refractivity contribution in [2.45, 2.75) is 26.1 Å². The molecule has 4 bridgehead atoms. The Bertz CT molecular complexity index is 915. The number of fused-ring (bicyclic) bond motifs is 1. The van der Waals surface area contributed by atoms with Gasteiger partial charge in [0.15, 0.2) is 0 Å². The molecule has 2 N–H and O–H groups in total. The number of hydrogen-bond donors (Lipinski definition) is 2. The maximum atomic E-state index is 12.9. The summed E-state index contributed by atoms with van der Waals surface area (Å²) in [7, 11) is 1.62. The van der Waals surface area contributed by atoms with Gasteiger partial charge in [-0.2, -0.15) is 0 Å². The molecule has 2 aromatic rings. The van der Waals surface area contributed by atoms with Crippen LogP contribution in [0.1, 0.15) is 25.6 Å². The smallest absolute Gasteiger partial charge is 0.254 e. The molecule has 138 valence electrons. The summed E-state index contributed by atoms with van der Waals surface area (Å²) in [5.41, 5.74) is 1.29. The van der Waals surface area contributed by atoms with Crippen LogP contribution in [0.5, 0.6) is 5.75 Å². The molecule has 4 aliphatic heterocycles. The van der Waals surface area contributed by atoms with E-state index >= 15 is 0 Å². The molecule has 0 radical (unpaired) electrons. The Balaban J connectivity index is 1.59. The van der Waals surface area contributed by atoms with Crippen molar-refractivity contribution in [2.75, 3.05) is 33.3 Å². The lowest BCUT2D eigenvalue weighted by Gasteiger charge is -2.68. The van der Waals surface area contributed by atoms with E-state index in [1.807, 2.05) is 24.3 Å². The highest BCUT2D eigenvalue weighted by atomic mass is 16.5. The zero-order chi connectivity index (χ0) is 18.3. The Labute approximate surface area is 152 Å². The van der Waals surface area contributed by atoms with Gasteiger partial charge in [0.1, 0.15) is 5.75 Å². The standard InChI is InChI=1S/C20H25N3O3/c1-19-8-22-10-20(2,18(19)25)11-23(9-19)17(22)14-6-12-4-5-13(26-3)7-15(12)21-16(14)24/h4-7,17-18,25H,8-11H2,1-3H3,(H,21,24). The van der Waals surface area contributed by atoms with Crippen LogP contribution in [-0.2, 0) is 0 Å². The molecule has 0 saturated carbocycles. The van der Waals surface area contributed by atoms with Gasteiger partial charge < -0.3 is 14.8 Å². The molecule has 5 heterocycles. The Morgan fingerprint density at radius 1 is 1.12 bits per heavy atom. The van der Waals surface area contributed by atoms with Gasteiger partial charge >= 0.3 is 0 Å². The van der Waals surface area contributed by atoms with E-state index in [1.165, 1.54) is 0 Å². The average molecular weight is 355 g/mol. The van der Waals surface area contributed by atoms with Gasteiger partial charge in [-0.15, -0.1) is 0 Å². The SMILES string of the molecule is COc1ccc2cc(C3N4CC5(C)CN3CC(C)(C4)C5O)c(=O)[nH]c2c1. The first-order valence-electron chi connectivity index (χ1n) is 9.20. The normalized spacial score (nSPS) is 40.9. The third kappa shape index (κ3) is 2.06. The highest BCUT2D eigenvalue weighted by Crippen LogP contribution is 2.53. The molecule has 0 amide bonds. The number of methoxy groups -OCH3 is 1. The molecule has 6 rings (SSSR count). The number of rotatable bonds is 2. The van der Waals surface area contributed by atoms with E-state index in [2.05, 4.69) is 28.6 Å². The highest BCUT2D eigenvalue weighted by molar-refractivity contribution is 5.80. The Morgan fingerprint density at radius 2 is 1.73 bits per heavy atom. The second-order valence-corrected chi connectivity index (χ2v) is 8.90. The summed E-state index contributed by atoms with van der Waals surface area (Å²) in [6.07, 6.45) is -0.301. The quantitative estimate of drug-likeness (QED) is 0.856. The lowest BCUT2D eigenvalue weighted by molar-refractivity contribution is -0.254. The van der Waals surface area contributed by atoms with Gasteiger partial charge in [0.05, 0.1) is 24.9 Å². The first kappa shape index (κ1) is 16.3. The van der Waals surface area contributed by atoms with Crippen LogP contribution in [0.4, 0.5) is 0 Å². The average Bonchev–Trinajstić information content (AvgIpc) is 2.58. The number of nitrogens with zero attached hydrogens (tertiary/aromatic N) is 2. The van der Waals surface area contributed by atoms with E-state index in [0.29, 0.717) is 0 Å². The molecular weight excluding hydrogens is 330 g/mol. The van der Waals surface area contributed by atoms with Gasteiger partial charge in [0, 0.05) is 48.6 Å². The zero-order valence-electron chi connectivity index (χ0n) is 15.5. The van der Waals surface area contributed by atoms with Gasteiger partial charge in [0.25, 0.3) is 5.56 Å². The van der Waals surface area contributed by atoms with Crippen LogP contribution in [-0.4, -0.2) is 59.3 Å². The van der Waals surface area contributed by atoms with Crippen LogP contribution in [0.15, 0.2) is 29.1 Å². The number of aromatic amines is 1. The van der Waals surface area contributed by atoms with Crippen LogP contribution in [0, 0.1) is 10.8 Å². The minimum Gasteiger partial charge on any atom is -0.497 e. The van der Waals surface area contributed by atoms with E-state index < -0.39 is 0 Å². The highest BCUT2D eigenvalue weighted by Gasteiger charge is 2.62. The zero-order valence-corrected chi connectivity index (χ0v) is 15.5. The third-order valence-corrected chi connectivity index (χ3v) is 6.63. The second kappa shape index (κ2) is 5.09. The molecule has 4 fully saturated rings. The maximum absolute atomic E-state index is 12.9. The Hall–Kier alpha value is -1.89. The summed E-state index contributed by atoms with van der Waals surface area (Å²) in [6, 6.07) is 7.78. The van der Waals surface area contributed by atoms with Crippen LogP contribution in [0.25, 0.3) is 10.9 Å². The second-order valence-electron chi connectivity index (χ2n) is 8.90. The van der Waals surface area contributed by atoms with Crippen LogP contribution in [0.2, 0.25) is 0 Å². The minimum atomic E-state index is -0.286. The first-order chi connectivity index (χ1) is 12.3. The van der Waals surface area contributed by atoms with E-state index in [-0.39, 0.29) is 28.7 Å². The van der Waals surface area contributed by atoms with Crippen molar-refractivity contribution >= 4 is 10.9 Å². The van der Waals surface area contributed by atoms with Crippen molar-refractivity contribution in [3.8, 4) is 5.75 Å². The number of benzene rings is 1. The van der Waals surface area contributed by atoms with Crippen molar-refractivity contribution in [1.29, 1.82) is 0 Å². The number of pyridine rings is 1. The van der Waals surface area contributed by atoms with Crippen molar-refractivity contribution in [2.24, 2.45) is 10.8 Å². The summed E-state index contributed by atoms with van der Waals surface area (Å²) < 4.78 is 5.26. The summed E-state index contributed by atoms with van der Waals surface area (Å²) in [5, 5.41) is 11.8. The number of H-pyrrole nitrogens is 1. The monoisotopic (exact) mass is 355 g/mol. The number of aliphatic hydroxyl groups is 1. The van der Waals surface area contributed by atoms with Gasteiger partial charge in [-0.25, -0.2) is 0 Å². The van der Waals surface area contributed by atoms with Crippen molar-refractivity contribution < 1.29 is 9.84 Å². The Kier molecular flexibility index (Phi) is 3.19. The van der Waals surface area contributed by atoms with Crippen LogP contribution < -0.4 is 10.3 Å². The minimum absolute atomic E-state index is 0.0149. The molecular formula is C20H25N3O3. The van der Waals surface area contributed by atoms with E-state index in [9.17, 15) is 9.90 Å². The molecule has 1 aromatic heterocycles. The number of nitrogens with one attached hydrogen (secondary N) is 1. The van der Waals surface area contributed by atoms with Gasteiger partial charge in [0.2, 0.25) is 0 Å². The number of aromatic nitrogens is 1. The largest absolute Gasteiger partial charge is 0.497 e. The number of piperidine rings is 2. The number of hydrogen-bond acceptors (Lipinski definition) is 5. The van der Waals surface area contributed by atoms with E-state index in [4.69, 9.17) is 4.74 Å². The molecule has 6 nitrogen and oxygen atoms in total. The fourth-order valence-corrected chi connectivity index (χ4v) is 5.74. The van der Waals surface area contributed by atoms with Crippen molar-refractivity contribution in [3.05, 3.63) is 40.2 Å². The fourth-order valence-electron chi connectivity index (χ4n) is 5.74. The molecule has 0 unspecified atom stereocenters. The maximum Gasteiger partial charge on any atom is 0.254 e. The first-order valence-corrected chi connectivity index (χ1v) is 9.20. The van der Waals surface area contributed by atoms with Gasteiger partial charge in [-0.05, 0) is 23.6 Å².